The van der Waals surface area contributed by atoms with Gasteiger partial charge in [0.2, 0.25) is 0 Å². The normalized spacial score (nSPS) is 10.7. The molecule has 0 heterocycles. The molecule has 0 aliphatic carbocycles. The van der Waals surface area contributed by atoms with E-state index in [1.165, 1.54) is 12.1 Å². The van der Waals surface area contributed by atoms with Gasteiger partial charge < -0.3 is 9.84 Å². The van der Waals surface area contributed by atoms with Gasteiger partial charge in [0.25, 0.3) is 0 Å². The number of carbonyl (C=O) groups is 3. The maximum atomic E-state index is 12.7. The lowest BCUT2D eigenvalue weighted by atomic mass is 9.99. The van der Waals surface area contributed by atoms with Gasteiger partial charge in [-0.2, -0.15) is 0 Å². The molecule has 0 aromatic heterocycles. The van der Waals surface area contributed by atoms with Gasteiger partial charge in [0.05, 0.1) is 16.7 Å². The van der Waals surface area contributed by atoms with Crippen LogP contribution in [0.3, 0.4) is 0 Å². The number of carboxylic acids is 1. The summed E-state index contributed by atoms with van der Waals surface area (Å²) in [6.45, 7) is 0. The molecule has 0 saturated heterocycles. The van der Waals surface area contributed by atoms with Crippen molar-refractivity contribution in [2.24, 2.45) is 0 Å². The van der Waals surface area contributed by atoms with Crippen molar-refractivity contribution in [3.8, 4) is 0 Å². The van der Waals surface area contributed by atoms with Gasteiger partial charge >= 0.3 is 17.9 Å². The molecule has 1 N–H and O–H groups in total. The molecule has 4 aromatic rings. The molecule has 0 fully saturated rings. The lowest BCUT2D eigenvalue weighted by molar-refractivity contribution is 0.0400. The second kappa shape index (κ2) is 6.96. The summed E-state index contributed by atoms with van der Waals surface area (Å²) in [6.07, 6.45) is 0. The number of benzene rings is 4. The standard InChI is InChI=1S/C23H14O5/c24-21(25)18-12-4-8-15-9-5-13-19(20(15)18)23(27)28-22(26)17-11-3-7-14-6-1-2-10-16(14)17/h1-13H,(H,24,25). The molecule has 136 valence electrons. The fourth-order valence-electron chi connectivity index (χ4n) is 3.29. The number of aromatic carboxylic acids is 1. The second-order valence-corrected chi connectivity index (χ2v) is 6.22. The molecule has 0 radical (unpaired) electrons. The van der Waals surface area contributed by atoms with E-state index in [1.807, 2.05) is 18.2 Å². The molecule has 0 aliphatic rings. The molecule has 0 amide bonds. The van der Waals surface area contributed by atoms with Crippen molar-refractivity contribution in [3.63, 3.8) is 0 Å². The van der Waals surface area contributed by atoms with Crippen molar-refractivity contribution in [2.75, 3.05) is 0 Å². The van der Waals surface area contributed by atoms with Crippen LogP contribution in [0.2, 0.25) is 0 Å². The number of ether oxygens (including phenoxy) is 1. The molecule has 28 heavy (non-hydrogen) atoms. The number of hydrogen-bond donors (Lipinski definition) is 1. The van der Waals surface area contributed by atoms with Gasteiger partial charge in [0.15, 0.2) is 0 Å². The zero-order valence-electron chi connectivity index (χ0n) is 14.6. The average molecular weight is 370 g/mol. The number of hydrogen-bond acceptors (Lipinski definition) is 4. The van der Waals surface area contributed by atoms with E-state index in [4.69, 9.17) is 4.74 Å². The quantitative estimate of drug-likeness (QED) is 0.418. The van der Waals surface area contributed by atoms with Gasteiger partial charge in [-0.05, 0) is 34.4 Å². The van der Waals surface area contributed by atoms with Crippen molar-refractivity contribution in [1.82, 2.24) is 0 Å². The molecule has 5 heteroatoms. The molecule has 4 aromatic carbocycles. The van der Waals surface area contributed by atoms with Crippen molar-refractivity contribution in [2.45, 2.75) is 0 Å². The number of fused-ring (bicyclic) bond motifs is 2. The van der Waals surface area contributed by atoms with Gasteiger partial charge in [-0.1, -0.05) is 60.7 Å². The minimum atomic E-state index is -1.16. The largest absolute Gasteiger partial charge is 0.478 e. The molecular formula is C23H14O5. The van der Waals surface area contributed by atoms with E-state index in [0.717, 1.165) is 5.39 Å². The molecular weight excluding hydrogens is 356 g/mol. The zero-order chi connectivity index (χ0) is 19.7. The lowest BCUT2D eigenvalue weighted by Gasteiger charge is -2.10. The van der Waals surface area contributed by atoms with Crippen molar-refractivity contribution >= 4 is 39.5 Å². The fourth-order valence-corrected chi connectivity index (χ4v) is 3.29. The minimum Gasteiger partial charge on any atom is -0.478 e. The van der Waals surface area contributed by atoms with E-state index >= 15 is 0 Å². The summed E-state index contributed by atoms with van der Waals surface area (Å²) in [5, 5.41) is 11.8. The summed E-state index contributed by atoms with van der Waals surface area (Å²) in [5.74, 6) is -2.84. The molecule has 0 aliphatic heterocycles. The first-order valence-electron chi connectivity index (χ1n) is 8.55. The predicted molar refractivity (Wildman–Crippen MR) is 105 cm³/mol. The third-order valence-electron chi connectivity index (χ3n) is 4.55. The number of carbonyl (C=O) groups excluding carboxylic acids is 2. The molecule has 4 rings (SSSR count). The average Bonchev–Trinajstić information content (AvgIpc) is 2.72. The summed E-state index contributed by atoms with van der Waals surface area (Å²) >= 11 is 0. The van der Waals surface area contributed by atoms with Crippen LogP contribution in [0.1, 0.15) is 31.1 Å². The number of rotatable bonds is 3. The van der Waals surface area contributed by atoms with Gasteiger partial charge in [-0.15, -0.1) is 0 Å². The van der Waals surface area contributed by atoms with Crippen LogP contribution in [0.25, 0.3) is 21.5 Å². The maximum absolute atomic E-state index is 12.7. The summed E-state index contributed by atoms with van der Waals surface area (Å²) in [5.41, 5.74) is 0.275. The maximum Gasteiger partial charge on any atom is 0.346 e. The summed E-state index contributed by atoms with van der Waals surface area (Å²) in [6, 6.07) is 21.9. The molecule has 0 unspecified atom stereocenters. The monoisotopic (exact) mass is 370 g/mol. The summed E-state index contributed by atoms with van der Waals surface area (Å²) in [4.78, 5) is 36.9. The van der Waals surface area contributed by atoms with Crippen molar-refractivity contribution < 1.29 is 24.2 Å². The molecule has 0 bridgehead atoms. The Morgan fingerprint density at radius 2 is 1.14 bits per heavy atom. The first-order chi connectivity index (χ1) is 13.6. The highest BCUT2D eigenvalue weighted by molar-refractivity contribution is 6.16. The van der Waals surface area contributed by atoms with Crippen molar-refractivity contribution in [3.05, 3.63) is 95.6 Å². The van der Waals surface area contributed by atoms with E-state index in [2.05, 4.69) is 0 Å². The Kier molecular flexibility index (Phi) is 4.33. The van der Waals surface area contributed by atoms with Crippen LogP contribution in [0.15, 0.2) is 78.9 Å². The van der Waals surface area contributed by atoms with E-state index in [0.29, 0.717) is 10.8 Å². The molecule has 5 nitrogen and oxygen atoms in total. The fraction of sp³-hybridized carbons (Fsp3) is 0. The Morgan fingerprint density at radius 3 is 1.86 bits per heavy atom. The zero-order valence-corrected chi connectivity index (χ0v) is 14.6. The Balaban J connectivity index is 1.75. The lowest BCUT2D eigenvalue weighted by Crippen LogP contribution is -2.14. The van der Waals surface area contributed by atoms with E-state index in [1.54, 1.807) is 48.5 Å². The van der Waals surface area contributed by atoms with Gasteiger partial charge in [0, 0.05) is 5.39 Å². The highest BCUT2D eigenvalue weighted by atomic mass is 16.6. The summed E-state index contributed by atoms with van der Waals surface area (Å²) < 4.78 is 5.10. The number of carboxylic acid groups (broad SMARTS) is 1. The van der Waals surface area contributed by atoms with Crippen LogP contribution < -0.4 is 0 Å². The smallest absolute Gasteiger partial charge is 0.346 e. The van der Waals surface area contributed by atoms with Crippen LogP contribution in [-0.4, -0.2) is 23.0 Å². The Hall–Kier alpha value is -3.99. The molecule has 0 atom stereocenters. The van der Waals surface area contributed by atoms with Crippen LogP contribution in [0.4, 0.5) is 0 Å². The second-order valence-electron chi connectivity index (χ2n) is 6.22. The SMILES string of the molecule is O=C(OC(=O)c1cccc2cccc(C(=O)O)c12)c1cccc2ccccc12. The first kappa shape index (κ1) is 17.4. The Morgan fingerprint density at radius 1 is 0.607 bits per heavy atom. The Labute approximate surface area is 159 Å². The minimum absolute atomic E-state index is 0.0253. The van der Waals surface area contributed by atoms with Gasteiger partial charge in [0.1, 0.15) is 0 Å². The van der Waals surface area contributed by atoms with Crippen LogP contribution in [0, 0.1) is 0 Å². The summed E-state index contributed by atoms with van der Waals surface area (Å²) in [7, 11) is 0. The third kappa shape index (κ3) is 2.99. The third-order valence-corrected chi connectivity index (χ3v) is 4.55. The predicted octanol–water partition coefficient (Wildman–Crippen LogP) is 4.69. The van der Waals surface area contributed by atoms with Gasteiger partial charge in [-0.25, -0.2) is 14.4 Å². The highest BCUT2D eigenvalue weighted by Crippen LogP contribution is 2.25. The number of esters is 2. The molecule has 0 spiro atoms. The Bertz CT molecular complexity index is 1250. The van der Waals surface area contributed by atoms with Gasteiger partial charge in [-0.3, -0.25) is 0 Å². The molecule has 0 saturated carbocycles. The van der Waals surface area contributed by atoms with Crippen LogP contribution in [0.5, 0.6) is 0 Å². The van der Waals surface area contributed by atoms with Crippen LogP contribution in [-0.2, 0) is 4.74 Å². The van der Waals surface area contributed by atoms with E-state index in [-0.39, 0.29) is 22.1 Å². The highest BCUT2D eigenvalue weighted by Gasteiger charge is 2.21. The van der Waals surface area contributed by atoms with Crippen molar-refractivity contribution in [1.29, 1.82) is 0 Å². The first-order valence-corrected chi connectivity index (χ1v) is 8.55. The van der Waals surface area contributed by atoms with Crippen LogP contribution >= 0.6 is 0 Å². The topological polar surface area (TPSA) is 80.7 Å². The van der Waals surface area contributed by atoms with E-state index < -0.39 is 17.9 Å². The van der Waals surface area contributed by atoms with E-state index in [9.17, 15) is 19.5 Å².